The average molecular weight is 463 g/mol. The SMILES string of the molecule is [C-]#[N+]C1(c2ccccc2)CCN(CCCN2C(=O)NC3(CCOc4ccc(F)cc43)C2=O)CC1. The van der Waals surface area contributed by atoms with Crippen LogP contribution in [0.3, 0.4) is 0 Å². The molecule has 0 aliphatic carbocycles. The molecule has 0 saturated carbocycles. The third-order valence-electron chi connectivity index (χ3n) is 7.38. The van der Waals surface area contributed by atoms with Gasteiger partial charge in [0.15, 0.2) is 5.54 Å². The highest BCUT2D eigenvalue weighted by Gasteiger charge is 2.54. The van der Waals surface area contributed by atoms with E-state index in [1.165, 1.54) is 23.1 Å². The topological polar surface area (TPSA) is 66.2 Å². The first-order chi connectivity index (χ1) is 16.5. The maximum atomic E-state index is 13.9. The van der Waals surface area contributed by atoms with Gasteiger partial charge in [-0.15, -0.1) is 0 Å². The molecular weight excluding hydrogens is 435 g/mol. The lowest BCUT2D eigenvalue weighted by Gasteiger charge is -2.34. The van der Waals surface area contributed by atoms with Crippen LogP contribution in [0.5, 0.6) is 5.75 Å². The second kappa shape index (κ2) is 8.73. The van der Waals surface area contributed by atoms with E-state index in [1.807, 2.05) is 30.3 Å². The van der Waals surface area contributed by atoms with Crippen molar-refractivity contribution in [2.24, 2.45) is 0 Å². The minimum absolute atomic E-state index is 0.273. The van der Waals surface area contributed by atoms with Crippen LogP contribution in [0.15, 0.2) is 48.5 Å². The summed E-state index contributed by atoms with van der Waals surface area (Å²) < 4.78 is 19.5. The molecule has 1 unspecified atom stereocenters. The van der Waals surface area contributed by atoms with Gasteiger partial charge >= 0.3 is 6.03 Å². The number of halogens is 1. The Hall–Kier alpha value is -3.44. The van der Waals surface area contributed by atoms with Crippen molar-refractivity contribution in [1.29, 1.82) is 0 Å². The maximum absolute atomic E-state index is 13.9. The Morgan fingerprint density at radius 2 is 1.82 bits per heavy atom. The van der Waals surface area contributed by atoms with Crippen molar-refractivity contribution in [2.45, 2.75) is 36.8 Å². The van der Waals surface area contributed by atoms with Crippen molar-refractivity contribution in [1.82, 2.24) is 15.1 Å². The second-order valence-corrected chi connectivity index (χ2v) is 9.24. The molecule has 5 rings (SSSR count). The smallest absolute Gasteiger partial charge is 0.325 e. The molecule has 3 heterocycles. The summed E-state index contributed by atoms with van der Waals surface area (Å²) in [6.07, 6.45) is 2.43. The summed E-state index contributed by atoms with van der Waals surface area (Å²) in [5.41, 5.74) is -0.279. The molecular formula is C26H27FN4O3. The van der Waals surface area contributed by atoms with Gasteiger partial charge in [-0.3, -0.25) is 9.69 Å². The van der Waals surface area contributed by atoms with Gasteiger partial charge in [0, 0.05) is 50.0 Å². The van der Waals surface area contributed by atoms with Crippen LogP contribution in [-0.2, 0) is 15.9 Å². The van der Waals surface area contributed by atoms with Crippen molar-refractivity contribution < 1.29 is 18.7 Å². The molecule has 2 fully saturated rings. The van der Waals surface area contributed by atoms with Crippen molar-refractivity contribution in [3.63, 3.8) is 0 Å². The third-order valence-corrected chi connectivity index (χ3v) is 7.38. The number of nitrogens with zero attached hydrogens (tertiary/aromatic N) is 3. The fourth-order valence-corrected chi connectivity index (χ4v) is 5.40. The van der Waals surface area contributed by atoms with E-state index in [2.05, 4.69) is 15.1 Å². The summed E-state index contributed by atoms with van der Waals surface area (Å²) in [6.45, 7) is 10.7. The van der Waals surface area contributed by atoms with Gasteiger partial charge < -0.3 is 19.8 Å². The van der Waals surface area contributed by atoms with Gasteiger partial charge in [-0.1, -0.05) is 30.3 Å². The van der Waals surface area contributed by atoms with Gasteiger partial charge in [-0.05, 0) is 31.2 Å². The summed E-state index contributed by atoms with van der Waals surface area (Å²) in [5, 5.41) is 2.82. The number of carbonyl (C=O) groups excluding carboxylic acids is 2. The summed E-state index contributed by atoms with van der Waals surface area (Å²) in [5.74, 6) is -0.388. The minimum atomic E-state index is -1.26. The Kier molecular flexibility index (Phi) is 5.74. The van der Waals surface area contributed by atoms with Crippen molar-refractivity contribution in [2.75, 3.05) is 32.8 Å². The number of ether oxygens (including phenoxy) is 1. The summed E-state index contributed by atoms with van der Waals surface area (Å²) >= 11 is 0. The number of benzene rings is 2. The predicted octanol–water partition coefficient (Wildman–Crippen LogP) is 3.66. The van der Waals surface area contributed by atoms with E-state index < -0.39 is 22.9 Å². The molecule has 176 valence electrons. The van der Waals surface area contributed by atoms with Crippen molar-refractivity contribution in [3.8, 4) is 5.75 Å². The summed E-state index contributed by atoms with van der Waals surface area (Å²) in [7, 11) is 0. The molecule has 2 aromatic carbocycles. The van der Waals surface area contributed by atoms with Crippen LogP contribution in [0.4, 0.5) is 9.18 Å². The molecule has 0 aromatic heterocycles. The molecule has 3 aliphatic heterocycles. The van der Waals surface area contributed by atoms with E-state index in [4.69, 9.17) is 11.3 Å². The zero-order chi connectivity index (χ0) is 23.8. The van der Waals surface area contributed by atoms with Crippen molar-refractivity contribution >= 4 is 11.9 Å². The second-order valence-electron chi connectivity index (χ2n) is 9.24. The highest BCUT2D eigenvalue weighted by molar-refractivity contribution is 6.07. The summed E-state index contributed by atoms with van der Waals surface area (Å²) in [4.78, 5) is 33.6. The van der Waals surface area contributed by atoms with Crippen molar-refractivity contribution in [3.05, 3.63) is 76.9 Å². The first-order valence-corrected chi connectivity index (χ1v) is 11.7. The quantitative estimate of drug-likeness (QED) is 0.544. The molecule has 3 amide bonds. The number of rotatable bonds is 5. The lowest BCUT2D eigenvalue weighted by molar-refractivity contribution is -0.132. The number of piperidine rings is 1. The van der Waals surface area contributed by atoms with Gasteiger partial charge in [0.1, 0.15) is 11.6 Å². The number of urea groups is 1. The van der Waals surface area contributed by atoms with E-state index in [-0.39, 0.29) is 18.9 Å². The zero-order valence-corrected chi connectivity index (χ0v) is 18.9. The molecule has 2 saturated heterocycles. The monoisotopic (exact) mass is 462 g/mol. The molecule has 3 aliphatic rings. The minimum Gasteiger partial charge on any atom is -0.493 e. The molecule has 1 atom stereocenters. The summed E-state index contributed by atoms with van der Waals surface area (Å²) in [6, 6.07) is 13.6. The standard InChI is InChI=1S/C26H27FN4O3/c1-28-25(19-6-3-2-4-7-19)10-15-30(16-11-25)13-5-14-31-23(32)26(29-24(31)33)12-17-34-22-9-8-20(27)18-21(22)26/h2-4,6-9,18H,5,10-17H2,(H,29,33). The molecule has 2 aromatic rings. The number of likely N-dealkylation sites (tertiary alicyclic amines) is 1. The van der Waals surface area contributed by atoms with E-state index in [9.17, 15) is 14.0 Å². The van der Waals surface area contributed by atoms with Crippen LogP contribution in [0.1, 0.15) is 36.8 Å². The van der Waals surface area contributed by atoms with Crippen LogP contribution in [0.25, 0.3) is 4.85 Å². The molecule has 8 heteroatoms. The number of imide groups is 1. The van der Waals surface area contributed by atoms with Gasteiger partial charge in [0.05, 0.1) is 6.61 Å². The fraction of sp³-hybridized carbons (Fsp3) is 0.423. The predicted molar refractivity (Wildman–Crippen MR) is 123 cm³/mol. The largest absolute Gasteiger partial charge is 0.493 e. The van der Waals surface area contributed by atoms with Crippen LogP contribution in [0, 0.1) is 12.4 Å². The van der Waals surface area contributed by atoms with E-state index in [1.54, 1.807) is 0 Å². The third kappa shape index (κ3) is 3.70. The number of nitrogens with one attached hydrogen (secondary N) is 1. The Morgan fingerprint density at radius 3 is 2.56 bits per heavy atom. The Balaban J connectivity index is 1.20. The Morgan fingerprint density at radius 1 is 1.06 bits per heavy atom. The van der Waals surface area contributed by atoms with Gasteiger partial charge in [0.2, 0.25) is 0 Å². The van der Waals surface area contributed by atoms with Crippen LogP contribution < -0.4 is 10.1 Å². The number of amides is 3. The molecule has 7 nitrogen and oxygen atoms in total. The van der Waals surface area contributed by atoms with Gasteiger partial charge in [0.25, 0.3) is 11.4 Å². The molecule has 1 spiro atoms. The first kappa shape index (κ1) is 22.4. The molecule has 0 bridgehead atoms. The van der Waals surface area contributed by atoms with E-state index in [0.717, 1.165) is 38.0 Å². The fourth-order valence-electron chi connectivity index (χ4n) is 5.40. The molecule has 1 N–H and O–H groups in total. The number of carbonyl (C=O) groups is 2. The highest BCUT2D eigenvalue weighted by atomic mass is 19.1. The Labute approximate surface area is 198 Å². The van der Waals surface area contributed by atoms with E-state index in [0.29, 0.717) is 24.3 Å². The lowest BCUT2D eigenvalue weighted by atomic mass is 9.81. The van der Waals surface area contributed by atoms with Gasteiger partial charge in [-0.2, -0.15) is 0 Å². The highest BCUT2D eigenvalue weighted by Crippen LogP contribution is 2.41. The van der Waals surface area contributed by atoms with Crippen LogP contribution in [-0.4, -0.2) is 54.5 Å². The van der Waals surface area contributed by atoms with Crippen LogP contribution >= 0.6 is 0 Å². The maximum Gasteiger partial charge on any atom is 0.325 e. The molecule has 0 radical (unpaired) electrons. The van der Waals surface area contributed by atoms with E-state index >= 15 is 0 Å². The average Bonchev–Trinajstić information content (AvgIpc) is 3.10. The lowest BCUT2D eigenvalue weighted by Crippen LogP contribution is -2.47. The number of hydrogen-bond acceptors (Lipinski definition) is 4. The Bertz CT molecular complexity index is 1140. The molecule has 34 heavy (non-hydrogen) atoms. The number of fused-ring (bicyclic) bond motifs is 2. The normalized spacial score (nSPS) is 23.8. The first-order valence-electron chi connectivity index (χ1n) is 11.7. The number of hydrogen-bond donors (Lipinski definition) is 1. The zero-order valence-electron chi connectivity index (χ0n) is 18.9. The van der Waals surface area contributed by atoms with Crippen LogP contribution in [0.2, 0.25) is 0 Å². The van der Waals surface area contributed by atoms with Gasteiger partial charge in [-0.25, -0.2) is 15.8 Å².